The van der Waals surface area contributed by atoms with Crippen molar-refractivity contribution in [2.24, 2.45) is 10.2 Å². The molecule has 1 aliphatic heterocycles. The van der Waals surface area contributed by atoms with E-state index in [0.29, 0.717) is 28.2 Å². The fourth-order valence-electron chi connectivity index (χ4n) is 2.47. The van der Waals surface area contributed by atoms with Crippen molar-refractivity contribution in [2.75, 3.05) is 0 Å². The van der Waals surface area contributed by atoms with E-state index in [1.807, 2.05) is 12.2 Å². The van der Waals surface area contributed by atoms with E-state index in [4.69, 9.17) is 17.5 Å². The monoisotopic (exact) mass is 554 g/mol. The van der Waals surface area contributed by atoms with E-state index < -0.39 is 10.4 Å². The molecule has 2 N–H and O–H groups in total. The van der Waals surface area contributed by atoms with Crippen LogP contribution in [-0.2, 0) is 27.5 Å². The summed E-state index contributed by atoms with van der Waals surface area (Å²) in [6, 6.07) is 6.05. The van der Waals surface area contributed by atoms with Gasteiger partial charge in [0.25, 0.3) is 11.8 Å². The van der Waals surface area contributed by atoms with E-state index in [1.54, 1.807) is 44.2 Å². The Hall–Kier alpha value is -3.75. The summed E-state index contributed by atoms with van der Waals surface area (Å²) < 4.78 is 34.1. The molecule has 36 heavy (non-hydrogen) atoms. The number of pyridine rings is 2. The first-order chi connectivity index (χ1) is 16.5. The van der Waals surface area contributed by atoms with Crippen LogP contribution in [0.25, 0.3) is 5.32 Å². The number of aromatic nitrogens is 2. The second kappa shape index (κ2) is 14.6. The summed E-state index contributed by atoms with van der Waals surface area (Å²) in [5.41, 5.74) is 7.69. The number of nitrogens with zero attached hydrogens (tertiary/aromatic N) is 5. The van der Waals surface area contributed by atoms with Crippen LogP contribution in [0, 0.1) is 0 Å². The Kier molecular flexibility index (Phi) is 12.3. The van der Waals surface area contributed by atoms with Crippen molar-refractivity contribution in [3.05, 3.63) is 89.4 Å². The van der Waals surface area contributed by atoms with Crippen LogP contribution in [0.15, 0.2) is 83.2 Å². The van der Waals surface area contributed by atoms with Crippen molar-refractivity contribution >= 4 is 33.6 Å². The molecule has 0 aliphatic carbocycles. The first-order valence-corrected chi connectivity index (χ1v) is 11.1. The zero-order chi connectivity index (χ0) is 25.8. The van der Waals surface area contributed by atoms with Gasteiger partial charge in [-0.1, -0.05) is 24.3 Å². The molecule has 1 unspecified atom stereocenters. The third-order valence-electron chi connectivity index (χ3n) is 4.17. The zero-order valence-corrected chi connectivity index (χ0v) is 20.8. The Balaban J connectivity index is 0.000000983. The molecule has 3 rings (SSSR count). The molecule has 1 atom stereocenters. The molecule has 3 heterocycles. The summed E-state index contributed by atoms with van der Waals surface area (Å²) in [7, 11) is -5.17. The van der Waals surface area contributed by atoms with E-state index in [1.165, 1.54) is 24.8 Å². The van der Waals surface area contributed by atoms with E-state index >= 15 is 0 Å². The smallest absolute Gasteiger partial charge is 0.759 e. The standard InChI is InChI=1S/C21H20N7O2.Fe.H2O4S/c1-14(25-27-20(29)16-6-10-22-11-7-16)18-4-3-5-19(24-18)15(2)26-28-21(30)17-8-12-23-13-9-17;;1-5(2,3)4/h3-13,18H,1-2H3,(H,27,29)(H,28,30);;(H2,1,2,3,4)/q-1;+3;/p-2/b25-14+,26-15+;;. The van der Waals surface area contributed by atoms with Crippen molar-refractivity contribution in [1.82, 2.24) is 20.8 Å². The SMILES string of the molecule is C/C(=N\NC(=O)c1ccncc1)C1=CC=CC(/C(C)=N/NC(=O)c2ccncc2)[N-]1.O=S(=O)([O-])[O-].[Fe+3]. The summed E-state index contributed by atoms with van der Waals surface area (Å²) in [4.78, 5) is 32.0. The van der Waals surface area contributed by atoms with Gasteiger partial charge in [-0.15, -0.1) is 5.70 Å². The minimum atomic E-state index is -5.17. The number of hydrogen-bond donors (Lipinski definition) is 2. The summed E-state index contributed by atoms with van der Waals surface area (Å²) >= 11 is 0. The molecule has 0 aromatic carbocycles. The fraction of sp³-hybridized carbons (Fsp3) is 0.143. The normalized spacial score (nSPS) is 15.2. The molecule has 0 spiro atoms. The number of nitrogens with one attached hydrogen (secondary N) is 2. The van der Waals surface area contributed by atoms with Gasteiger partial charge >= 0.3 is 17.1 Å². The van der Waals surface area contributed by atoms with Crippen molar-refractivity contribution in [2.45, 2.75) is 19.9 Å². The van der Waals surface area contributed by atoms with Gasteiger partial charge in [-0.2, -0.15) is 10.2 Å². The van der Waals surface area contributed by atoms with Crippen LogP contribution in [0.5, 0.6) is 0 Å². The maximum absolute atomic E-state index is 12.1. The summed E-state index contributed by atoms with van der Waals surface area (Å²) in [5.74, 6) is -0.666. The van der Waals surface area contributed by atoms with Gasteiger partial charge in [0.15, 0.2) is 0 Å². The van der Waals surface area contributed by atoms with Crippen molar-refractivity contribution in [1.29, 1.82) is 0 Å². The molecule has 1 aliphatic rings. The van der Waals surface area contributed by atoms with Crippen LogP contribution in [0.4, 0.5) is 0 Å². The minimum absolute atomic E-state index is 0. The quantitative estimate of drug-likeness (QED) is 0.174. The Morgan fingerprint density at radius 2 is 1.36 bits per heavy atom. The number of allylic oxidation sites excluding steroid dienone is 3. The van der Waals surface area contributed by atoms with E-state index in [2.05, 4.69) is 36.3 Å². The molecule has 0 fully saturated rings. The fourth-order valence-corrected chi connectivity index (χ4v) is 2.47. The van der Waals surface area contributed by atoms with Gasteiger partial charge in [-0.05, 0) is 38.1 Å². The summed E-state index contributed by atoms with van der Waals surface area (Å²) in [6.45, 7) is 3.52. The molecule has 2 amide bonds. The maximum atomic E-state index is 12.1. The van der Waals surface area contributed by atoms with Crippen LogP contribution in [0.3, 0.4) is 0 Å². The Morgan fingerprint density at radius 3 is 1.83 bits per heavy atom. The summed E-state index contributed by atoms with van der Waals surface area (Å²) in [6.07, 6.45) is 11.6. The Morgan fingerprint density at radius 1 is 0.917 bits per heavy atom. The second-order valence-electron chi connectivity index (χ2n) is 6.72. The molecule has 15 heteroatoms. The first-order valence-electron chi connectivity index (χ1n) is 9.80. The maximum Gasteiger partial charge on any atom is 3.00 e. The summed E-state index contributed by atoms with van der Waals surface area (Å²) in [5, 5.41) is 12.8. The van der Waals surface area contributed by atoms with Gasteiger partial charge in [0.2, 0.25) is 0 Å². The second-order valence-corrected chi connectivity index (χ2v) is 7.54. The van der Waals surface area contributed by atoms with Crippen LogP contribution in [0.1, 0.15) is 34.6 Å². The Labute approximate surface area is 217 Å². The van der Waals surface area contributed by atoms with Crippen LogP contribution < -0.4 is 10.9 Å². The predicted molar refractivity (Wildman–Crippen MR) is 124 cm³/mol. The van der Waals surface area contributed by atoms with Gasteiger partial charge in [0.1, 0.15) is 0 Å². The Bertz CT molecular complexity index is 1260. The molecular formula is C21H20FeN7O6S. The largest absolute Gasteiger partial charge is 3.00 e. The molecule has 0 saturated heterocycles. The molecular weight excluding hydrogens is 534 g/mol. The third-order valence-corrected chi connectivity index (χ3v) is 4.17. The number of hydrazone groups is 2. The van der Waals surface area contributed by atoms with Crippen molar-refractivity contribution in [3.63, 3.8) is 0 Å². The molecule has 189 valence electrons. The van der Waals surface area contributed by atoms with Gasteiger partial charge in [0.05, 0.1) is 0 Å². The number of rotatable bonds is 6. The average Bonchev–Trinajstić information content (AvgIpc) is 2.85. The average molecular weight is 554 g/mol. The first kappa shape index (κ1) is 30.3. The number of carbonyl (C=O) groups excluding carboxylic acids is 2. The molecule has 2 aromatic rings. The van der Waals surface area contributed by atoms with Crippen molar-refractivity contribution in [3.8, 4) is 0 Å². The number of amides is 2. The zero-order valence-electron chi connectivity index (χ0n) is 18.9. The van der Waals surface area contributed by atoms with Gasteiger partial charge in [-0.25, -0.2) is 10.9 Å². The molecule has 0 bridgehead atoms. The van der Waals surface area contributed by atoms with E-state index in [0.717, 1.165) is 0 Å². The van der Waals surface area contributed by atoms with Gasteiger partial charge in [-0.3, -0.25) is 28.0 Å². The minimum Gasteiger partial charge on any atom is -0.759 e. The van der Waals surface area contributed by atoms with Gasteiger partial charge < -0.3 is 14.4 Å². The van der Waals surface area contributed by atoms with Crippen molar-refractivity contribution < 1.29 is 44.2 Å². The van der Waals surface area contributed by atoms with Gasteiger partial charge in [0, 0.05) is 57.7 Å². The topological polar surface area (TPSA) is 203 Å². The van der Waals surface area contributed by atoms with E-state index in [9.17, 15) is 9.59 Å². The number of carbonyl (C=O) groups is 2. The molecule has 0 saturated carbocycles. The van der Waals surface area contributed by atoms with E-state index in [-0.39, 0.29) is 34.9 Å². The molecule has 13 nitrogen and oxygen atoms in total. The molecule has 2 aromatic heterocycles. The third kappa shape index (κ3) is 11.1. The van der Waals surface area contributed by atoms with Crippen LogP contribution in [0.2, 0.25) is 0 Å². The van der Waals surface area contributed by atoms with Crippen LogP contribution in [-0.4, -0.2) is 56.8 Å². The number of hydrogen-bond acceptors (Lipinski definition) is 10. The predicted octanol–water partition coefficient (Wildman–Crippen LogP) is 1.24. The molecule has 1 radical (unpaired) electrons. The van der Waals surface area contributed by atoms with Crippen LogP contribution >= 0.6 is 0 Å².